The lowest BCUT2D eigenvalue weighted by Gasteiger charge is -2.39. The van der Waals surface area contributed by atoms with Crippen molar-refractivity contribution in [3.8, 4) is 0 Å². The van der Waals surface area contributed by atoms with E-state index in [0.717, 1.165) is 23.9 Å². The van der Waals surface area contributed by atoms with E-state index in [2.05, 4.69) is 46.8 Å². The van der Waals surface area contributed by atoms with Crippen LogP contribution in [-0.2, 0) is 14.0 Å². The molecule has 2 fully saturated rings. The number of benzene rings is 1. The van der Waals surface area contributed by atoms with Gasteiger partial charge >= 0.3 is 13.2 Å². The molecular weight excluding hydrogens is 365 g/mol. The Labute approximate surface area is 176 Å². The molecule has 29 heavy (non-hydrogen) atoms. The molecule has 0 N–H and O–H groups in total. The van der Waals surface area contributed by atoms with Gasteiger partial charge in [-0.2, -0.15) is 0 Å². The highest BCUT2D eigenvalue weighted by Gasteiger charge is 2.51. The fraction of sp³-hybridized carbons (Fsp3) is 0.696. The van der Waals surface area contributed by atoms with Crippen LogP contribution in [0.1, 0.15) is 79.8 Å². The highest BCUT2D eigenvalue weighted by molar-refractivity contribution is 6.62. The number of amides is 1. The van der Waals surface area contributed by atoms with Gasteiger partial charge in [0.05, 0.1) is 17.2 Å². The molecule has 0 spiro atoms. The molecule has 160 valence electrons. The van der Waals surface area contributed by atoms with Crippen LogP contribution in [0.4, 0.5) is 4.79 Å². The summed E-state index contributed by atoms with van der Waals surface area (Å²) >= 11 is 0. The standard InChI is InChI=1S/C23H36BNO4/c1-16-12-13-19(25(15-16)20(26)27-21(2,3)4)17-10-9-11-18(14-17)24-28-22(5,6)23(7,8)29-24/h9-11,14,16,19H,12-13,15H2,1-8H3/t16-,19+/m0/s1. The van der Waals surface area contributed by atoms with Gasteiger partial charge in [-0.1, -0.05) is 31.2 Å². The molecule has 0 aromatic heterocycles. The zero-order valence-electron chi connectivity index (χ0n) is 19.2. The number of nitrogens with zero attached hydrogens (tertiary/aromatic N) is 1. The quantitative estimate of drug-likeness (QED) is 0.675. The second-order valence-corrected chi connectivity index (χ2v) is 10.6. The van der Waals surface area contributed by atoms with Crippen LogP contribution in [0.3, 0.4) is 0 Å². The van der Waals surface area contributed by atoms with E-state index in [-0.39, 0.29) is 23.3 Å². The van der Waals surface area contributed by atoms with Gasteiger partial charge < -0.3 is 18.9 Å². The molecular formula is C23H36BNO4. The first-order valence-electron chi connectivity index (χ1n) is 10.7. The van der Waals surface area contributed by atoms with E-state index in [1.165, 1.54) is 0 Å². The molecule has 0 aliphatic carbocycles. The summed E-state index contributed by atoms with van der Waals surface area (Å²) in [6, 6.07) is 8.28. The molecule has 6 heteroatoms. The minimum atomic E-state index is -0.507. The van der Waals surface area contributed by atoms with E-state index in [4.69, 9.17) is 14.0 Å². The number of rotatable bonds is 2. The van der Waals surface area contributed by atoms with Crippen molar-refractivity contribution in [1.82, 2.24) is 4.90 Å². The van der Waals surface area contributed by atoms with E-state index in [1.807, 2.05) is 37.8 Å². The Bertz CT molecular complexity index is 739. The Balaban J connectivity index is 1.85. The lowest BCUT2D eigenvalue weighted by atomic mass is 9.77. The average molecular weight is 401 g/mol. The highest BCUT2D eigenvalue weighted by Crippen LogP contribution is 2.37. The molecule has 3 rings (SSSR count). The molecule has 2 aliphatic rings. The number of hydrogen-bond donors (Lipinski definition) is 0. The molecule has 0 saturated carbocycles. The largest absolute Gasteiger partial charge is 0.494 e. The summed E-state index contributed by atoms with van der Waals surface area (Å²) < 4.78 is 18.1. The van der Waals surface area contributed by atoms with E-state index < -0.39 is 12.7 Å². The van der Waals surface area contributed by atoms with Gasteiger partial charge in [-0.15, -0.1) is 0 Å². The van der Waals surface area contributed by atoms with Crippen LogP contribution in [0, 0.1) is 5.92 Å². The van der Waals surface area contributed by atoms with E-state index in [1.54, 1.807) is 0 Å². The predicted molar refractivity (Wildman–Crippen MR) is 116 cm³/mol. The van der Waals surface area contributed by atoms with Gasteiger partial charge in [0, 0.05) is 6.54 Å². The second kappa shape index (κ2) is 7.62. The molecule has 2 heterocycles. The third-order valence-electron chi connectivity index (χ3n) is 6.27. The van der Waals surface area contributed by atoms with Crippen molar-refractivity contribution < 1.29 is 18.8 Å². The van der Waals surface area contributed by atoms with Crippen LogP contribution in [0.2, 0.25) is 0 Å². The second-order valence-electron chi connectivity index (χ2n) is 10.6. The maximum Gasteiger partial charge on any atom is 0.494 e. The summed E-state index contributed by atoms with van der Waals surface area (Å²) in [4.78, 5) is 14.8. The molecule has 1 aromatic rings. The maximum atomic E-state index is 12.9. The lowest BCUT2D eigenvalue weighted by Crippen LogP contribution is -2.44. The number of piperidine rings is 1. The van der Waals surface area contributed by atoms with E-state index in [0.29, 0.717) is 12.5 Å². The van der Waals surface area contributed by atoms with Crippen molar-refractivity contribution in [3.05, 3.63) is 29.8 Å². The zero-order valence-corrected chi connectivity index (χ0v) is 19.2. The SMILES string of the molecule is C[C@H]1CC[C@H](c2cccc(B3OC(C)(C)C(C)(C)O3)c2)N(C(=O)OC(C)(C)C)C1. The Morgan fingerprint density at radius 2 is 1.76 bits per heavy atom. The summed E-state index contributed by atoms with van der Waals surface area (Å²) in [5.74, 6) is 0.463. The Morgan fingerprint density at radius 1 is 1.14 bits per heavy atom. The summed E-state index contributed by atoms with van der Waals surface area (Å²) in [6.45, 7) is 16.9. The van der Waals surface area contributed by atoms with Crippen molar-refractivity contribution in [2.75, 3.05) is 6.54 Å². The molecule has 0 radical (unpaired) electrons. The first-order valence-corrected chi connectivity index (χ1v) is 10.7. The van der Waals surface area contributed by atoms with Crippen LogP contribution in [0.25, 0.3) is 0 Å². The van der Waals surface area contributed by atoms with Gasteiger partial charge in [0.15, 0.2) is 0 Å². The van der Waals surface area contributed by atoms with Crippen molar-refractivity contribution in [1.29, 1.82) is 0 Å². The maximum absolute atomic E-state index is 12.9. The van der Waals surface area contributed by atoms with Crippen molar-refractivity contribution >= 4 is 18.7 Å². The Kier molecular flexibility index (Phi) is 5.83. The number of ether oxygens (including phenoxy) is 1. The predicted octanol–water partition coefficient (Wildman–Crippen LogP) is 4.69. The molecule has 1 amide bonds. The number of hydrogen-bond acceptors (Lipinski definition) is 4. The molecule has 0 bridgehead atoms. The third-order valence-corrected chi connectivity index (χ3v) is 6.27. The van der Waals surface area contributed by atoms with Crippen molar-refractivity contribution in [3.63, 3.8) is 0 Å². The first kappa shape index (κ1) is 22.2. The number of carbonyl (C=O) groups is 1. The van der Waals surface area contributed by atoms with Gasteiger partial charge in [0.1, 0.15) is 5.60 Å². The summed E-state index contributed by atoms with van der Waals surface area (Å²) in [5.41, 5.74) is 0.832. The van der Waals surface area contributed by atoms with Crippen LogP contribution in [0.15, 0.2) is 24.3 Å². The summed E-state index contributed by atoms with van der Waals surface area (Å²) in [5, 5.41) is 0. The fourth-order valence-electron chi connectivity index (χ4n) is 3.91. The fourth-order valence-corrected chi connectivity index (χ4v) is 3.91. The first-order chi connectivity index (χ1) is 13.3. The minimum Gasteiger partial charge on any atom is -0.444 e. The molecule has 5 nitrogen and oxygen atoms in total. The minimum absolute atomic E-state index is 0.00317. The van der Waals surface area contributed by atoms with Gasteiger partial charge in [0.2, 0.25) is 0 Å². The average Bonchev–Trinajstić information content (AvgIpc) is 2.81. The van der Waals surface area contributed by atoms with Crippen LogP contribution >= 0.6 is 0 Å². The normalized spacial score (nSPS) is 26.5. The molecule has 2 saturated heterocycles. The topological polar surface area (TPSA) is 48.0 Å². The molecule has 1 aromatic carbocycles. The van der Waals surface area contributed by atoms with Gasteiger partial charge in [-0.25, -0.2) is 4.79 Å². The van der Waals surface area contributed by atoms with E-state index >= 15 is 0 Å². The molecule has 2 atom stereocenters. The lowest BCUT2D eigenvalue weighted by molar-refractivity contribution is 0.00364. The molecule has 0 unspecified atom stereocenters. The van der Waals surface area contributed by atoms with Gasteiger partial charge in [-0.05, 0) is 78.3 Å². The Morgan fingerprint density at radius 3 is 2.34 bits per heavy atom. The summed E-state index contributed by atoms with van der Waals surface area (Å²) in [7, 11) is -0.405. The number of carbonyl (C=O) groups excluding carboxylic acids is 1. The Hall–Kier alpha value is -1.53. The highest BCUT2D eigenvalue weighted by atomic mass is 16.7. The molecule has 2 aliphatic heterocycles. The number of likely N-dealkylation sites (tertiary alicyclic amines) is 1. The van der Waals surface area contributed by atoms with E-state index in [9.17, 15) is 4.79 Å². The van der Waals surface area contributed by atoms with Crippen LogP contribution in [0.5, 0.6) is 0 Å². The summed E-state index contributed by atoms with van der Waals surface area (Å²) in [6.07, 6.45) is 1.77. The van der Waals surface area contributed by atoms with Crippen LogP contribution in [-0.4, -0.2) is 41.5 Å². The van der Waals surface area contributed by atoms with Gasteiger partial charge in [-0.3, -0.25) is 0 Å². The van der Waals surface area contributed by atoms with Crippen molar-refractivity contribution in [2.24, 2.45) is 5.92 Å². The van der Waals surface area contributed by atoms with Gasteiger partial charge in [0.25, 0.3) is 0 Å². The zero-order chi connectivity index (χ0) is 21.6. The third kappa shape index (κ3) is 4.80. The smallest absolute Gasteiger partial charge is 0.444 e. The monoisotopic (exact) mass is 401 g/mol. The van der Waals surface area contributed by atoms with Crippen LogP contribution < -0.4 is 5.46 Å². The van der Waals surface area contributed by atoms with Crippen molar-refractivity contribution in [2.45, 2.75) is 91.1 Å².